The van der Waals surface area contributed by atoms with E-state index < -0.39 is 11.3 Å². The van der Waals surface area contributed by atoms with E-state index in [2.05, 4.69) is 15.8 Å². The van der Waals surface area contributed by atoms with Crippen molar-refractivity contribution in [3.05, 3.63) is 47.7 Å². The molecule has 0 bridgehead atoms. The summed E-state index contributed by atoms with van der Waals surface area (Å²) in [6.07, 6.45) is 0. The Bertz CT molecular complexity index is 662. The van der Waals surface area contributed by atoms with Crippen molar-refractivity contribution >= 4 is 17.6 Å². The number of carbonyl (C=O) groups is 2. The Labute approximate surface area is 128 Å². The molecule has 2 N–H and O–H groups in total. The summed E-state index contributed by atoms with van der Waals surface area (Å²) in [5.41, 5.74) is -0.249. The number of carbonyl (C=O) groups excluding carboxylic acids is 2. The molecular formula is C16H19N3O3. The molecule has 0 fully saturated rings. The minimum Gasteiger partial charge on any atom is -0.360 e. The quantitative estimate of drug-likeness (QED) is 0.830. The Kier molecular flexibility index (Phi) is 4.60. The summed E-state index contributed by atoms with van der Waals surface area (Å²) in [6.45, 7) is 5.23. The summed E-state index contributed by atoms with van der Waals surface area (Å²) in [5, 5.41) is 9.03. The number of nitrogens with one attached hydrogen (secondary N) is 2. The highest BCUT2D eigenvalue weighted by Gasteiger charge is 2.36. The van der Waals surface area contributed by atoms with Crippen LogP contribution < -0.4 is 10.6 Å². The topological polar surface area (TPSA) is 84.2 Å². The molecule has 0 saturated carbocycles. The largest absolute Gasteiger partial charge is 0.360 e. The van der Waals surface area contributed by atoms with Gasteiger partial charge in [0.15, 0.2) is 5.82 Å². The summed E-state index contributed by atoms with van der Waals surface area (Å²) in [4.78, 5) is 24.5. The first-order valence-corrected chi connectivity index (χ1v) is 6.96. The molecule has 0 aliphatic heterocycles. The molecule has 1 aromatic carbocycles. The number of nitrogens with zero attached hydrogens (tertiary/aromatic N) is 1. The third-order valence-corrected chi connectivity index (χ3v) is 3.30. The van der Waals surface area contributed by atoms with Crippen LogP contribution >= 0.6 is 0 Å². The first-order valence-electron chi connectivity index (χ1n) is 6.96. The maximum absolute atomic E-state index is 12.3. The van der Waals surface area contributed by atoms with E-state index in [1.165, 1.54) is 0 Å². The van der Waals surface area contributed by atoms with Crippen LogP contribution in [0.2, 0.25) is 0 Å². The lowest BCUT2D eigenvalue weighted by atomic mass is 9.91. The smallest absolute Gasteiger partial charge is 0.240 e. The van der Waals surface area contributed by atoms with Crippen LogP contribution in [0.15, 0.2) is 40.9 Å². The zero-order valence-electron chi connectivity index (χ0n) is 12.8. The van der Waals surface area contributed by atoms with Gasteiger partial charge >= 0.3 is 0 Å². The maximum atomic E-state index is 12.3. The number of benzene rings is 1. The molecule has 2 aromatic rings. The minimum absolute atomic E-state index is 0.298. The van der Waals surface area contributed by atoms with Gasteiger partial charge in [-0.3, -0.25) is 9.59 Å². The number of aryl methyl sites for hydroxylation is 1. The molecule has 0 spiro atoms. The van der Waals surface area contributed by atoms with Gasteiger partial charge in [-0.15, -0.1) is 0 Å². The highest BCUT2D eigenvalue weighted by Crippen LogP contribution is 2.19. The van der Waals surface area contributed by atoms with E-state index in [9.17, 15) is 9.59 Å². The lowest BCUT2D eigenvalue weighted by Crippen LogP contribution is -2.44. The number of anilines is 1. The van der Waals surface area contributed by atoms with Crippen LogP contribution in [0.5, 0.6) is 0 Å². The van der Waals surface area contributed by atoms with Gasteiger partial charge in [-0.2, -0.15) is 0 Å². The van der Waals surface area contributed by atoms with Crippen LogP contribution in [0.4, 0.5) is 5.82 Å². The van der Waals surface area contributed by atoms with Crippen LogP contribution in [-0.2, 0) is 16.1 Å². The molecule has 0 radical (unpaired) electrons. The Balaban J connectivity index is 1.95. The second-order valence-electron chi connectivity index (χ2n) is 5.57. The lowest BCUT2D eigenvalue weighted by molar-refractivity contribution is -0.138. The average Bonchev–Trinajstić information content (AvgIpc) is 2.90. The van der Waals surface area contributed by atoms with Gasteiger partial charge in [0.05, 0.1) is 0 Å². The molecule has 116 valence electrons. The van der Waals surface area contributed by atoms with Crippen molar-refractivity contribution < 1.29 is 14.1 Å². The lowest BCUT2D eigenvalue weighted by Gasteiger charge is -2.22. The molecule has 0 aliphatic rings. The van der Waals surface area contributed by atoms with Crippen molar-refractivity contribution in [1.82, 2.24) is 10.5 Å². The van der Waals surface area contributed by atoms with Crippen LogP contribution in [0.1, 0.15) is 25.2 Å². The van der Waals surface area contributed by atoms with E-state index >= 15 is 0 Å². The Morgan fingerprint density at radius 1 is 1.18 bits per heavy atom. The minimum atomic E-state index is -1.22. The normalized spacial score (nSPS) is 11.0. The highest BCUT2D eigenvalue weighted by molar-refractivity contribution is 6.09. The van der Waals surface area contributed by atoms with Gasteiger partial charge in [-0.25, -0.2) is 0 Å². The van der Waals surface area contributed by atoms with Gasteiger partial charge in [0.1, 0.15) is 11.2 Å². The number of rotatable bonds is 5. The first-order chi connectivity index (χ1) is 10.4. The first kappa shape index (κ1) is 15.8. The molecule has 2 rings (SSSR count). The van der Waals surface area contributed by atoms with Crippen molar-refractivity contribution in [3.8, 4) is 0 Å². The maximum Gasteiger partial charge on any atom is 0.240 e. The summed E-state index contributed by atoms with van der Waals surface area (Å²) >= 11 is 0. The molecule has 0 saturated heterocycles. The molecule has 6 nitrogen and oxygen atoms in total. The monoisotopic (exact) mass is 301 g/mol. The van der Waals surface area contributed by atoms with Crippen molar-refractivity contribution in [2.45, 2.75) is 27.3 Å². The van der Waals surface area contributed by atoms with Crippen molar-refractivity contribution in [3.63, 3.8) is 0 Å². The van der Waals surface area contributed by atoms with Gasteiger partial charge in [0, 0.05) is 12.6 Å². The molecule has 0 unspecified atom stereocenters. The predicted molar refractivity (Wildman–Crippen MR) is 81.9 cm³/mol. The summed E-state index contributed by atoms with van der Waals surface area (Å²) in [6, 6.07) is 11.1. The van der Waals surface area contributed by atoms with Crippen LogP contribution in [0.25, 0.3) is 0 Å². The van der Waals surface area contributed by atoms with Gasteiger partial charge in [-0.1, -0.05) is 35.5 Å². The van der Waals surface area contributed by atoms with Crippen molar-refractivity contribution in [1.29, 1.82) is 0 Å². The van der Waals surface area contributed by atoms with Crippen LogP contribution in [0.3, 0.4) is 0 Å². The summed E-state index contributed by atoms with van der Waals surface area (Å²) < 4.78 is 4.88. The summed E-state index contributed by atoms with van der Waals surface area (Å²) in [7, 11) is 0. The van der Waals surface area contributed by atoms with Gasteiger partial charge in [-0.05, 0) is 26.3 Å². The fourth-order valence-corrected chi connectivity index (χ4v) is 1.80. The van der Waals surface area contributed by atoms with Gasteiger partial charge in [0.2, 0.25) is 11.8 Å². The van der Waals surface area contributed by atoms with Crippen LogP contribution in [0, 0.1) is 12.3 Å². The third-order valence-electron chi connectivity index (χ3n) is 3.30. The van der Waals surface area contributed by atoms with Crippen molar-refractivity contribution in [2.75, 3.05) is 5.32 Å². The Morgan fingerprint density at radius 2 is 1.86 bits per heavy atom. The SMILES string of the molecule is Cc1cc(NC(=O)C(C)(C)C(=O)NCc2ccccc2)no1. The molecule has 2 amide bonds. The molecule has 22 heavy (non-hydrogen) atoms. The molecule has 1 heterocycles. The number of aromatic nitrogens is 1. The zero-order valence-corrected chi connectivity index (χ0v) is 12.8. The summed E-state index contributed by atoms with van der Waals surface area (Å²) in [5.74, 6) is 0.0912. The highest BCUT2D eigenvalue weighted by atomic mass is 16.5. The van der Waals surface area contributed by atoms with Crippen molar-refractivity contribution in [2.24, 2.45) is 5.41 Å². The van der Waals surface area contributed by atoms with E-state index in [1.807, 2.05) is 30.3 Å². The molecule has 6 heteroatoms. The van der Waals surface area contributed by atoms with E-state index in [-0.39, 0.29) is 5.91 Å². The molecular weight excluding hydrogens is 282 g/mol. The molecule has 0 aliphatic carbocycles. The predicted octanol–water partition coefficient (Wildman–Crippen LogP) is 2.26. The third kappa shape index (κ3) is 3.72. The number of amides is 2. The van der Waals surface area contributed by atoms with Gasteiger partial charge in [0.25, 0.3) is 0 Å². The molecule has 0 atom stereocenters. The zero-order chi connectivity index (χ0) is 16.2. The van der Waals surface area contributed by atoms with Crippen LogP contribution in [-0.4, -0.2) is 17.0 Å². The fourth-order valence-electron chi connectivity index (χ4n) is 1.80. The van der Waals surface area contributed by atoms with Gasteiger partial charge < -0.3 is 15.2 Å². The average molecular weight is 301 g/mol. The Hall–Kier alpha value is -2.63. The van der Waals surface area contributed by atoms with E-state index in [4.69, 9.17) is 4.52 Å². The standard InChI is InChI=1S/C16H19N3O3/c1-11-9-13(19-22-11)18-15(21)16(2,3)14(20)17-10-12-7-5-4-6-8-12/h4-9H,10H2,1-3H3,(H,17,20)(H,18,19,21). The number of hydrogen-bond acceptors (Lipinski definition) is 4. The second-order valence-corrected chi connectivity index (χ2v) is 5.57. The second kappa shape index (κ2) is 6.43. The molecule has 1 aromatic heterocycles. The number of hydrogen-bond donors (Lipinski definition) is 2. The van der Waals surface area contributed by atoms with E-state index in [1.54, 1.807) is 26.8 Å². The fraction of sp³-hybridized carbons (Fsp3) is 0.312. The Morgan fingerprint density at radius 3 is 2.45 bits per heavy atom. The van der Waals surface area contributed by atoms with E-state index in [0.29, 0.717) is 18.1 Å². The van der Waals surface area contributed by atoms with E-state index in [0.717, 1.165) is 5.56 Å².